The van der Waals surface area contributed by atoms with Crippen LogP contribution in [0.3, 0.4) is 0 Å². The van der Waals surface area contributed by atoms with E-state index in [1.807, 2.05) is 0 Å². The highest BCUT2D eigenvalue weighted by Crippen LogP contribution is 2.11. The van der Waals surface area contributed by atoms with Gasteiger partial charge in [-0.1, -0.05) is 48.5 Å². The first-order valence-corrected chi connectivity index (χ1v) is 4.97. The molecule has 2 nitrogen and oxygen atoms in total. The summed E-state index contributed by atoms with van der Waals surface area (Å²) < 4.78 is 0. The molecule has 0 heterocycles. The first kappa shape index (κ1) is 14.9. The van der Waals surface area contributed by atoms with Crippen LogP contribution in [-0.4, -0.2) is 15.9 Å². The topological polar surface area (TPSA) is 37.3 Å². The number of aliphatic carboxylic acids is 1. The molecule has 12 heavy (non-hydrogen) atoms. The van der Waals surface area contributed by atoms with Crippen molar-refractivity contribution in [3.63, 3.8) is 0 Å². The van der Waals surface area contributed by atoms with Crippen LogP contribution in [0.4, 0.5) is 0 Å². The van der Waals surface area contributed by atoms with Gasteiger partial charge in [0.15, 0.2) is 0 Å². The molecule has 0 fully saturated rings. The number of carbonyl (C=O) groups is 1. The van der Waals surface area contributed by atoms with E-state index in [4.69, 9.17) is 5.11 Å². The molecule has 0 rings (SSSR count). The number of halogens is 2. The van der Waals surface area contributed by atoms with Gasteiger partial charge >= 0.3 is 5.97 Å². The summed E-state index contributed by atoms with van der Waals surface area (Å²) in [6.07, 6.45) is 5.30. The van der Waals surface area contributed by atoms with Crippen LogP contribution in [-0.2, 0) is 4.79 Å². The zero-order valence-electron chi connectivity index (χ0n) is 7.25. The second-order valence-electron chi connectivity index (χ2n) is 2.66. The van der Waals surface area contributed by atoms with E-state index in [2.05, 4.69) is 22.9 Å². The summed E-state index contributed by atoms with van der Waals surface area (Å²) in [5.41, 5.74) is 0. The fraction of sp³-hybridized carbons (Fsp3) is 0.875. The van der Waals surface area contributed by atoms with Gasteiger partial charge in [0.05, 0.1) is 0 Å². The van der Waals surface area contributed by atoms with Crippen molar-refractivity contribution in [1.82, 2.24) is 0 Å². The van der Waals surface area contributed by atoms with Crippen LogP contribution in [0.1, 0.15) is 39.0 Å². The van der Waals surface area contributed by atoms with E-state index in [1.165, 1.54) is 12.8 Å². The van der Waals surface area contributed by atoms with E-state index in [-0.39, 0.29) is 21.8 Å². The van der Waals surface area contributed by atoms with Crippen LogP contribution in [0.25, 0.3) is 0 Å². The first-order valence-electron chi connectivity index (χ1n) is 4.05. The Bertz CT molecular complexity index is 118. The van der Waals surface area contributed by atoms with Crippen LogP contribution in [0, 0.1) is 0 Å². The van der Waals surface area contributed by atoms with Gasteiger partial charge in [-0.15, -0.1) is 17.0 Å². The normalized spacial score (nSPS) is 11.8. The average molecular weight is 304 g/mol. The van der Waals surface area contributed by atoms with Crippen molar-refractivity contribution in [3.8, 4) is 0 Å². The van der Waals surface area contributed by atoms with Gasteiger partial charge in [-0.3, -0.25) is 4.79 Å². The zero-order valence-corrected chi connectivity index (χ0v) is 10.6. The van der Waals surface area contributed by atoms with Gasteiger partial charge < -0.3 is 5.11 Å². The fourth-order valence-electron chi connectivity index (χ4n) is 0.874. The standard InChI is InChI=1S/C8H15BrO2.BrH/c1-2-3-4-5-6-7(9)8(10)11;/h7H,2-6H2,1H3,(H,10,11);1H. The molecule has 0 spiro atoms. The average Bonchev–Trinajstić information content (AvgIpc) is 1.97. The lowest BCUT2D eigenvalue weighted by Gasteiger charge is -2.02. The van der Waals surface area contributed by atoms with Gasteiger partial charge in [0.25, 0.3) is 0 Å². The Hall–Kier alpha value is 0.430. The van der Waals surface area contributed by atoms with Crippen LogP contribution in [0.2, 0.25) is 0 Å². The van der Waals surface area contributed by atoms with Crippen LogP contribution < -0.4 is 0 Å². The first-order chi connectivity index (χ1) is 5.18. The smallest absolute Gasteiger partial charge is 0.317 e. The zero-order chi connectivity index (χ0) is 8.69. The van der Waals surface area contributed by atoms with Gasteiger partial charge in [-0.05, 0) is 6.42 Å². The number of alkyl halides is 1. The predicted octanol–water partition coefficient (Wildman–Crippen LogP) is 3.38. The second kappa shape index (κ2) is 9.52. The number of hydrogen-bond donors (Lipinski definition) is 1. The summed E-state index contributed by atoms with van der Waals surface area (Å²) in [5, 5.41) is 8.49. The molecule has 0 aromatic rings. The monoisotopic (exact) mass is 302 g/mol. The Morgan fingerprint density at radius 1 is 1.42 bits per heavy atom. The summed E-state index contributed by atoms with van der Waals surface area (Å²) in [6, 6.07) is 0. The van der Waals surface area contributed by atoms with Gasteiger partial charge in [0, 0.05) is 0 Å². The van der Waals surface area contributed by atoms with Crippen molar-refractivity contribution in [2.45, 2.75) is 43.9 Å². The summed E-state index contributed by atoms with van der Waals surface area (Å²) in [5.74, 6) is -0.749. The molecule has 74 valence electrons. The van der Waals surface area contributed by atoms with Crippen molar-refractivity contribution < 1.29 is 9.90 Å². The van der Waals surface area contributed by atoms with Crippen LogP contribution in [0.5, 0.6) is 0 Å². The highest BCUT2D eigenvalue weighted by Gasteiger charge is 2.11. The predicted molar refractivity (Wildman–Crippen MR) is 59.4 cm³/mol. The number of unbranched alkanes of at least 4 members (excludes halogenated alkanes) is 3. The lowest BCUT2D eigenvalue weighted by molar-refractivity contribution is -0.136. The molecule has 4 heteroatoms. The van der Waals surface area contributed by atoms with E-state index < -0.39 is 5.97 Å². The minimum atomic E-state index is -0.749. The van der Waals surface area contributed by atoms with Crippen molar-refractivity contribution >= 4 is 38.9 Å². The lowest BCUT2D eigenvalue weighted by Crippen LogP contribution is -2.11. The lowest BCUT2D eigenvalue weighted by atomic mass is 10.1. The maximum Gasteiger partial charge on any atom is 0.317 e. The number of hydrogen-bond acceptors (Lipinski definition) is 1. The molecule has 1 atom stereocenters. The molecular formula is C8H16Br2O2. The minimum Gasteiger partial charge on any atom is -0.480 e. The molecule has 0 amide bonds. The Labute approximate surface area is 92.6 Å². The van der Waals surface area contributed by atoms with Gasteiger partial charge in [0.2, 0.25) is 0 Å². The number of carboxylic acid groups (broad SMARTS) is 1. The largest absolute Gasteiger partial charge is 0.480 e. The Kier molecular flexibility index (Phi) is 11.8. The Morgan fingerprint density at radius 3 is 2.42 bits per heavy atom. The highest BCUT2D eigenvalue weighted by atomic mass is 79.9. The Morgan fingerprint density at radius 2 is 2.00 bits per heavy atom. The molecule has 0 aliphatic rings. The van der Waals surface area contributed by atoms with E-state index in [9.17, 15) is 4.79 Å². The van der Waals surface area contributed by atoms with Crippen molar-refractivity contribution in [3.05, 3.63) is 0 Å². The molecule has 0 bridgehead atoms. The summed E-state index contributed by atoms with van der Waals surface area (Å²) in [4.78, 5) is 9.97. The minimum absolute atomic E-state index is 0. The molecule has 0 saturated carbocycles. The molecule has 1 N–H and O–H groups in total. The van der Waals surface area contributed by atoms with E-state index in [0.29, 0.717) is 0 Å². The molecular weight excluding hydrogens is 288 g/mol. The third kappa shape index (κ3) is 8.53. The van der Waals surface area contributed by atoms with E-state index in [1.54, 1.807) is 0 Å². The fourth-order valence-corrected chi connectivity index (χ4v) is 1.20. The van der Waals surface area contributed by atoms with E-state index >= 15 is 0 Å². The summed E-state index contributed by atoms with van der Waals surface area (Å²) in [7, 11) is 0. The molecule has 0 aromatic heterocycles. The van der Waals surface area contributed by atoms with Gasteiger partial charge in [0.1, 0.15) is 4.83 Å². The highest BCUT2D eigenvalue weighted by molar-refractivity contribution is 9.10. The Balaban J connectivity index is 0. The van der Waals surface area contributed by atoms with Crippen molar-refractivity contribution in [2.24, 2.45) is 0 Å². The molecule has 1 unspecified atom stereocenters. The van der Waals surface area contributed by atoms with E-state index in [0.717, 1.165) is 19.3 Å². The quantitative estimate of drug-likeness (QED) is 0.603. The number of rotatable bonds is 6. The molecule has 0 aliphatic carbocycles. The van der Waals surface area contributed by atoms with Crippen molar-refractivity contribution in [1.29, 1.82) is 0 Å². The maximum absolute atomic E-state index is 10.3. The number of carboxylic acids is 1. The molecule has 0 saturated heterocycles. The molecule has 0 aliphatic heterocycles. The van der Waals surface area contributed by atoms with Crippen LogP contribution >= 0.6 is 32.9 Å². The van der Waals surface area contributed by atoms with Crippen molar-refractivity contribution in [2.75, 3.05) is 0 Å². The van der Waals surface area contributed by atoms with Gasteiger partial charge in [-0.2, -0.15) is 0 Å². The maximum atomic E-state index is 10.3. The summed E-state index contributed by atoms with van der Waals surface area (Å²) in [6.45, 7) is 2.14. The molecule has 0 aromatic carbocycles. The molecule has 0 radical (unpaired) electrons. The third-order valence-electron chi connectivity index (χ3n) is 1.58. The summed E-state index contributed by atoms with van der Waals surface area (Å²) >= 11 is 3.09. The third-order valence-corrected chi connectivity index (χ3v) is 2.43. The second-order valence-corrected chi connectivity index (χ2v) is 3.76. The van der Waals surface area contributed by atoms with Crippen LogP contribution in [0.15, 0.2) is 0 Å². The SMILES string of the molecule is Br.CCCCCCC(Br)C(=O)O. The van der Waals surface area contributed by atoms with Gasteiger partial charge in [-0.25, -0.2) is 0 Å².